The van der Waals surface area contributed by atoms with Gasteiger partial charge in [0, 0.05) is 22.4 Å². The van der Waals surface area contributed by atoms with Crippen LogP contribution in [0.4, 0.5) is 5.69 Å². The summed E-state index contributed by atoms with van der Waals surface area (Å²) in [4.78, 5) is 37.2. The molecule has 0 aliphatic heterocycles. The van der Waals surface area contributed by atoms with Crippen LogP contribution in [-0.2, 0) is 0 Å². The first-order valence-corrected chi connectivity index (χ1v) is 12.7. The van der Waals surface area contributed by atoms with E-state index in [1.54, 1.807) is 66.7 Å². The van der Waals surface area contributed by atoms with Gasteiger partial charge in [0.05, 0.1) is 11.1 Å². The Morgan fingerprint density at radius 3 is 2.14 bits per heavy atom. The number of rotatable bonds is 8. The first kappa shape index (κ1) is 27.8. The van der Waals surface area contributed by atoms with Crippen LogP contribution in [-0.4, -0.2) is 29.4 Å². The Hall–Kier alpha value is -3.76. The number of benzene rings is 3. The molecule has 192 valence electrons. The van der Waals surface area contributed by atoms with Gasteiger partial charge in [0.15, 0.2) is 5.11 Å². The number of hydrogen-bond acceptors (Lipinski definition) is 5. The Kier molecular flexibility index (Phi) is 10.2. The van der Waals surface area contributed by atoms with Gasteiger partial charge in [-0.25, -0.2) is 0 Å². The molecule has 3 aromatic rings. The number of halogens is 1. The highest BCUT2D eigenvalue weighted by molar-refractivity contribution is 9.10. The van der Waals surface area contributed by atoms with Crippen molar-refractivity contribution in [2.45, 2.75) is 20.3 Å². The van der Waals surface area contributed by atoms with Crippen molar-refractivity contribution in [1.29, 1.82) is 0 Å². The summed E-state index contributed by atoms with van der Waals surface area (Å²) in [5.74, 6) is 0.0179. The van der Waals surface area contributed by atoms with Crippen molar-refractivity contribution in [3.8, 4) is 5.75 Å². The van der Waals surface area contributed by atoms with Crippen molar-refractivity contribution < 1.29 is 19.1 Å². The van der Waals surface area contributed by atoms with Crippen LogP contribution in [0, 0.1) is 5.92 Å². The average molecular weight is 584 g/mol. The smallest absolute Gasteiger partial charge is 0.269 e. The summed E-state index contributed by atoms with van der Waals surface area (Å²) >= 11 is 8.53. The van der Waals surface area contributed by atoms with E-state index in [1.807, 2.05) is 6.07 Å². The summed E-state index contributed by atoms with van der Waals surface area (Å²) in [6.45, 7) is 4.83. The summed E-state index contributed by atoms with van der Waals surface area (Å²) in [5, 5.41) is 5.21. The number of amides is 3. The van der Waals surface area contributed by atoms with Crippen molar-refractivity contribution in [3.63, 3.8) is 0 Å². The molecule has 0 unspecified atom stereocenters. The Labute approximate surface area is 229 Å². The first-order chi connectivity index (χ1) is 17.7. The quantitative estimate of drug-likeness (QED) is 0.218. The maximum absolute atomic E-state index is 12.5. The fourth-order valence-electron chi connectivity index (χ4n) is 3.05. The van der Waals surface area contributed by atoms with E-state index in [1.165, 1.54) is 0 Å². The van der Waals surface area contributed by atoms with Crippen LogP contribution in [0.2, 0.25) is 0 Å². The van der Waals surface area contributed by atoms with Crippen molar-refractivity contribution in [2.75, 3.05) is 11.9 Å². The lowest BCUT2D eigenvalue weighted by atomic mass is 10.1. The van der Waals surface area contributed by atoms with Gasteiger partial charge in [-0.2, -0.15) is 0 Å². The van der Waals surface area contributed by atoms with Gasteiger partial charge in [0.1, 0.15) is 5.75 Å². The lowest BCUT2D eigenvalue weighted by molar-refractivity contribution is 0.0934. The fraction of sp³-hybridized carbons (Fsp3) is 0.185. The molecule has 37 heavy (non-hydrogen) atoms. The largest absolute Gasteiger partial charge is 0.492 e. The van der Waals surface area contributed by atoms with Crippen LogP contribution < -0.4 is 26.2 Å². The molecule has 3 rings (SSSR count). The standard InChI is InChI=1S/C27H27BrN4O4S/c1-17(2)14-15-36-23-13-10-20(16-22(23)28)25(34)30-27(37)32-31-26(35)19-8-11-21(12-9-19)29-24(33)18-6-4-3-5-7-18/h3-13,16-17H,14-15H2,1-2H3,(H,29,33)(H,31,35)(H2,30,32,34,37). The van der Waals surface area contributed by atoms with E-state index in [0.29, 0.717) is 45.1 Å². The van der Waals surface area contributed by atoms with Gasteiger partial charge in [-0.15, -0.1) is 0 Å². The molecule has 0 saturated carbocycles. The molecule has 3 amide bonds. The predicted molar refractivity (Wildman–Crippen MR) is 151 cm³/mol. The summed E-state index contributed by atoms with van der Waals surface area (Å²) < 4.78 is 6.38. The molecule has 8 nitrogen and oxygen atoms in total. The molecule has 0 heterocycles. The highest BCUT2D eigenvalue weighted by Crippen LogP contribution is 2.26. The minimum absolute atomic E-state index is 0.0709. The molecule has 0 bridgehead atoms. The number of hydrazine groups is 1. The third-order valence-corrected chi connectivity index (χ3v) is 5.93. The molecule has 0 spiro atoms. The zero-order chi connectivity index (χ0) is 26.8. The predicted octanol–water partition coefficient (Wildman–Crippen LogP) is 5.08. The van der Waals surface area contributed by atoms with Crippen molar-refractivity contribution >= 4 is 56.7 Å². The summed E-state index contributed by atoms with van der Waals surface area (Å²) in [6.07, 6.45) is 0.926. The number of thiocarbonyl (C=S) groups is 1. The molecule has 0 fully saturated rings. The number of carbonyl (C=O) groups is 3. The van der Waals surface area contributed by atoms with E-state index >= 15 is 0 Å². The van der Waals surface area contributed by atoms with Crippen LogP contribution >= 0.6 is 28.1 Å². The Morgan fingerprint density at radius 2 is 1.49 bits per heavy atom. The Balaban J connectivity index is 1.46. The van der Waals surface area contributed by atoms with Gasteiger partial charge in [0.25, 0.3) is 17.7 Å². The van der Waals surface area contributed by atoms with E-state index in [4.69, 9.17) is 17.0 Å². The minimum atomic E-state index is -0.469. The van der Waals surface area contributed by atoms with Crippen LogP contribution in [0.5, 0.6) is 5.75 Å². The molecule has 0 aromatic heterocycles. The number of ether oxygens (including phenoxy) is 1. The second-order valence-corrected chi connectivity index (χ2v) is 9.70. The van der Waals surface area contributed by atoms with Crippen molar-refractivity contribution in [1.82, 2.24) is 16.2 Å². The van der Waals surface area contributed by atoms with Gasteiger partial charge >= 0.3 is 0 Å². The molecule has 10 heteroatoms. The van der Waals surface area contributed by atoms with Crippen LogP contribution in [0.3, 0.4) is 0 Å². The third kappa shape index (κ3) is 8.69. The zero-order valence-corrected chi connectivity index (χ0v) is 22.7. The molecule has 4 N–H and O–H groups in total. The molecular formula is C27H27BrN4O4S. The number of anilines is 1. The van der Waals surface area contributed by atoms with Crippen LogP contribution in [0.25, 0.3) is 0 Å². The number of hydrogen-bond donors (Lipinski definition) is 4. The molecule has 0 aliphatic rings. The maximum atomic E-state index is 12.5. The number of carbonyl (C=O) groups excluding carboxylic acids is 3. The molecule has 3 aromatic carbocycles. The molecule has 0 radical (unpaired) electrons. The van der Waals surface area contributed by atoms with Crippen molar-refractivity contribution in [2.24, 2.45) is 5.92 Å². The third-order valence-electron chi connectivity index (χ3n) is 5.10. The van der Waals surface area contributed by atoms with Gasteiger partial charge < -0.3 is 10.1 Å². The van der Waals surface area contributed by atoms with Crippen molar-refractivity contribution in [3.05, 3.63) is 94.0 Å². The van der Waals surface area contributed by atoms with Gasteiger partial charge in [0.2, 0.25) is 0 Å². The van der Waals surface area contributed by atoms with Gasteiger partial charge in [-0.05, 0) is 95.1 Å². The zero-order valence-electron chi connectivity index (χ0n) is 20.3. The van der Waals surface area contributed by atoms with E-state index < -0.39 is 11.8 Å². The molecule has 0 atom stereocenters. The second kappa shape index (κ2) is 13.5. The lowest BCUT2D eigenvalue weighted by Gasteiger charge is -2.13. The van der Waals surface area contributed by atoms with Gasteiger partial charge in [-0.3, -0.25) is 30.6 Å². The molecule has 0 aliphatic carbocycles. The van der Waals surface area contributed by atoms with Crippen LogP contribution in [0.1, 0.15) is 51.3 Å². The Morgan fingerprint density at radius 1 is 0.838 bits per heavy atom. The summed E-state index contributed by atoms with van der Waals surface area (Å²) in [7, 11) is 0. The number of nitrogens with one attached hydrogen (secondary N) is 4. The van der Waals surface area contributed by atoms with E-state index in [-0.39, 0.29) is 11.0 Å². The van der Waals surface area contributed by atoms with Gasteiger partial charge in [-0.1, -0.05) is 32.0 Å². The summed E-state index contributed by atoms with van der Waals surface area (Å²) in [5.41, 5.74) is 6.71. The van der Waals surface area contributed by atoms with E-state index in [2.05, 4.69) is 51.3 Å². The maximum Gasteiger partial charge on any atom is 0.269 e. The Bertz CT molecular complexity index is 1270. The second-order valence-electron chi connectivity index (χ2n) is 8.44. The topological polar surface area (TPSA) is 109 Å². The highest BCUT2D eigenvalue weighted by Gasteiger charge is 2.13. The SMILES string of the molecule is CC(C)CCOc1ccc(C(=O)NC(=S)NNC(=O)c2ccc(NC(=O)c3ccccc3)cc2)cc1Br. The highest BCUT2D eigenvalue weighted by atomic mass is 79.9. The van der Waals surface area contributed by atoms with E-state index in [9.17, 15) is 14.4 Å². The van der Waals surface area contributed by atoms with E-state index in [0.717, 1.165) is 6.42 Å². The summed E-state index contributed by atoms with van der Waals surface area (Å²) in [6, 6.07) is 20.1. The molecular weight excluding hydrogens is 556 g/mol. The average Bonchev–Trinajstić information content (AvgIpc) is 2.89. The lowest BCUT2D eigenvalue weighted by Crippen LogP contribution is -2.48. The molecule has 0 saturated heterocycles. The fourth-order valence-corrected chi connectivity index (χ4v) is 3.69. The first-order valence-electron chi connectivity index (χ1n) is 11.5. The minimum Gasteiger partial charge on any atom is -0.492 e. The monoisotopic (exact) mass is 582 g/mol. The normalized spacial score (nSPS) is 10.4. The van der Waals surface area contributed by atoms with Crippen LogP contribution in [0.15, 0.2) is 77.3 Å².